The topological polar surface area (TPSA) is 63.8 Å². The Bertz CT molecular complexity index is 813. The molecule has 1 N–H and O–H groups in total. The Morgan fingerprint density at radius 1 is 1.12 bits per heavy atom. The molecule has 0 amide bonds. The molecule has 0 aliphatic carbocycles. The molecule has 5 nitrogen and oxygen atoms in total. The summed E-state index contributed by atoms with van der Waals surface area (Å²) in [6, 6.07) is 12.7. The van der Waals surface area contributed by atoms with E-state index in [-0.39, 0.29) is 11.3 Å². The van der Waals surface area contributed by atoms with Crippen LogP contribution in [0.1, 0.15) is 17.2 Å². The van der Waals surface area contributed by atoms with Crippen molar-refractivity contribution >= 4 is 11.8 Å². The van der Waals surface area contributed by atoms with Gasteiger partial charge in [0, 0.05) is 11.3 Å². The fourth-order valence-electron chi connectivity index (χ4n) is 2.17. The lowest BCUT2D eigenvalue weighted by molar-refractivity contribution is 0.198. The summed E-state index contributed by atoms with van der Waals surface area (Å²) in [6.45, 7) is 0.487. The predicted octanol–water partition coefficient (Wildman–Crippen LogP) is 2.83. The second-order valence-electron chi connectivity index (χ2n) is 5.10. The van der Waals surface area contributed by atoms with Crippen LogP contribution in [0.5, 0.6) is 0 Å². The Hall–Kier alpha value is -2.32. The van der Waals surface area contributed by atoms with Gasteiger partial charge in [-0.3, -0.25) is 0 Å². The molecule has 0 saturated carbocycles. The molecule has 2 aromatic carbocycles. The van der Waals surface area contributed by atoms with Gasteiger partial charge in [0.05, 0.1) is 12.6 Å². The highest BCUT2D eigenvalue weighted by Crippen LogP contribution is 2.25. The summed E-state index contributed by atoms with van der Waals surface area (Å²) in [5.74, 6) is -1.13. The molecule has 24 heavy (non-hydrogen) atoms. The zero-order chi connectivity index (χ0) is 16.9. The normalized spacial score (nSPS) is 12.3. The number of halogens is 2. The third-order valence-electron chi connectivity index (χ3n) is 3.36. The Labute approximate surface area is 141 Å². The first-order chi connectivity index (χ1) is 11.6. The minimum atomic E-state index is -1.16. The van der Waals surface area contributed by atoms with Crippen molar-refractivity contribution in [3.63, 3.8) is 0 Å². The average molecular weight is 348 g/mol. The molecule has 0 bridgehead atoms. The first-order valence-corrected chi connectivity index (χ1v) is 8.18. The van der Waals surface area contributed by atoms with Crippen LogP contribution >= 0.6 is 11.8 Å². The van der Waals surface area contributed by atoms with E-state index in [9.17, 15) is 13.9 Å². The number of aliphatic hydroxyl groups excluding tert-OH is 1. The van der Waals surface area contributed by atoms with Crippen LogP contribution in [-0.2, 0) is 6.54 Å². The van der Waals surface area contributed by atoms with E-state index in [0.717, 1.165) is 23.8 Å². The Morgan fingerprint density at radius 2 is 1.92 bits per heavy atom. The number of benzene rings is 2. The maximum Gasteiger partial charge on any atom is 0.209 e. The van der Waals surface area contributed by atoms with Gasteiger partial charge in [-0.15, -0.1) is 5.10 Å². The SMILES string of the molecule is OC(CSc1nnnn1Cc1ccccc1)c1cc(F)ccc1F. The van der Waals surface area contributed by atoms with E-state index in [2.05, 4.69) is 15.5 Å². The second-order valence-corrected chi connectivity index (χ2v) is 6.08. The van der Waals surface area contributed by atoms with E-state index in [1.165, 1.54) is 11.8 Å². The summed E-state index contributed by atoms with van der Waals surface area (Å²) in [6.07, 6.45) is -1.16. The Kier molecular flexibility index (Phi) is 5.17. The molecular weight excluding hydrogens is 334 g/mol. The number of hydrogen-bond acceptors (Lipinski definition) is 5. The molecule has 0 saturated heterocycles. The molecule has 1 heterocycles. The van der Waals surface area contributed by atoms with Gasteiger partial charge in [-0.25, -0.2) is 13.5 Å². The summed E-state index contributed by atoms with van der Waals surface area (Å²) in [5.41, 5.74) is 0.952. The second kappa shape index (κ2) is 7.50. The van der Waals surface area contributed by atoms with Gasteiger partial charge in [0.2, 0.25) is 5.16 Å². The molecular formula is C16H14F2N4OS. The van der Waals surface area contributed by atoms with Crippen molar-refractivity contribution in [1.82, 2.24) is 20.2 Å². The Balaban J connectivity index is 1.67. The quantitative estimate of drug-likeness (QED) is 0.694. The van der Waals surface area contributed by atoms with E-state index < -0.39 is 17.7 Å². The van der Waals surface area contributed by atoms with Gasteiger partial charge in [0.25, 0.3) is 0 Å². The first-order valence-electron chi connectivity index (χ1n) is 7.19. The zero-order valence-electron chi connectivity index (χ0n) is 12.5. The monoisotopic (exact) mass is 348 g/mol. The molecule has 0 aliphatic heterocycles. The molecule has 0 radical (unpaired) electrons. The van der Waals surface area contributed by atoms with E-state index in [1.54, 1.807) is 4.68 Å². The number of thioether (sulfide) groups is 1. The van der Waals surface area contributed by atoms with Crippen molar-refractivity contribution in [1.29, 1.82) is 0 Å². The highest BCUT2D eigenvalue weighted by molar-refractivity contribution is 7.99. The van der Waals surface area contributed by atoms with Gasteiger partial charge in [-0.05, 0) is 34.2 Å². The molecule has 0 spiro atoms. The van der Waals surface area contributed by atoms with E-state index >= 15 is 0 Å². The van der Waals surface area contributed by atoms with Crippen LogP contribution in [0, 0.1) is 11.6 Å². The summed E-state index contributed by atoms with van der Waals surface area (Å²) in [4.78, 5) is 0. The minimum absolute atomic E-state index is 0.0791. The van der Waals surface area contributed by atoms with E-state index in [0.29, 0.717) is 11.7 Å². The van der Waals surface area contributed by atoms with E-state index in [1.807, 2.05) is 30.3 Å². The van der Waals surface area contributed by atoms with Crippen LogP contribution in [0.15, 0.2) is 53.7 Å². The molecule has 1 atom stereocenters. The van der Waals surface area contributed by atoms with Crippen LogP contribution < -0.4 is 0 Å². The minimum Gasteiger partial charge on any atom is -0.387 e. The molecule has 3 rings (SSSR count). The van der Waals surface area contributed by atoms with Gasteiger partial charge >= 0.3 is 0 Å². The largest absolute Gasteiger partial charge is 0.387 e. The summed E-state index contributed by atoms with van der Waals surface area (Å²) in [5, 5.41) is 22.0. The lowest BCUT2D eigenvalue weighted by Crippen LogP contribution is -2.07. The van der Waals surface area contributed by atoms with Crippen molar-refractivity contribution in [2.45, 2.75) is 17.8 Å². The maximum atomic E-state index is 13.7. The van der Waals surface area contributed by atoms with Crippen molar-refractivity contribution in [3.05, 3.63) is 71.3 Å². The van der Waals surface area contributed by atoms with Crippen molar-refractivity contribution in [2.24, 2.45) is 0 Å². The fourth-order valence-corrected chi connectivity index (χ4v) is 3.00. The van der Waals surface area contributed by atoms with Crippen LogP contribution in [0.4, 0.5) is 8.78 Å². The number of rotatable bonds is 6. The molecule has 3 aromatic rings. The van der Waals surface area contributed by atoms with Crippen LogP contribution in [-0.4, -0.2) is 31.1 Å². The van der Waals surface area contributed by atoms with Crippen molar-refractivity contribution in [3.8, 4) is 0 Å². The maximum absolute atomic E-state index is 13.7. The highest BCUT2D eigenvalue weighted by Gasteiger charge is 2.16. The molecule has 124 valence electrons. The van der Waals surface area contributed by atoms with Crippen LogP contribution in [0.25, 0.3) is 0 Å². The molecule has 1 aromatic heterocycles. The lowest BCUT2D eigenvalue weighted by atomic mass is 10.1. The smallest absolute Gasteiger partial charge is 0.209 e. The fraction of sp³-hybridized carbons (Fsp3) is 0.188. The zero-order valence-corrected chi connectivity index (χ0v) is 13.3. The molecule has 0 aliphatic rings. The third-order valence-corrected chi connectivity index (χ3v) is 4.39. The van der Waals surface area contributed by atoms with Gasteiger partial charge in [0.15, 0.2) is 0 Å². The number of nitrogens with zero attached hydrogens (tertiary/aromatic N) is 4. The third kappa shape index (κ3) is 3.95. The molecule has 8 heteroatoms. The van der Waals surface area contributed by atoms with Gasteiger partial charge < -0.3 is 5.11 Å². The summed E-state index contributed by atoms with van der Waals surface area (Å²) in [7, 11) is 0. The van der Waals surface area contributed by atoms with Gasteiger partial charge in [0.1, 0.15) is 11.6 Å². The van der Waals surface area contributed by atoms with Gasteiger partial charge in [-0.1, -0.05) is 42.1 Å². The number of aliphatic hydroxyl groups is 1. The van der Waals surface area contributed by atoms with Crippen LogP contribution in [0.2, 0.25) is 0 Å². The number of tetrazole rings is 1. The average Bonchev–Trinajstić information content (AvgIpc) is 3.03. The molecule has 0 fully saturated rings. The van der Waals surface area contributed by atoms with Crippen LogP contribution in [0.3, 0.4) is 0 Å². The Morgan fingerprint density at radius 3 is 2.71 bits per heavy atom. The molecule has 1 unspecified atom stereocenters. The first kappa shape index (κ1) is 16.5. The van der Waals surface area contributed by atoms with Crippen molar-refractivity contribution < 1.29 is 13.9 Å². The lowest BCUT2D eigenvalue weighted by Gasteiger charge is -2.11. The number of aromatic nitrogens is 4. The summed E-state index contributed by atoms with van der Waals surface area (Å²) < 4.78 is 28.5. The summed E-state index contributed by atoms with van der Waals surface area (Å²) >= 11 is 1.18. The number of hydrogen-bond donors (Lipinski definition) is 1. The standard InChI is InChI=1S/C16H14F2N4OS/c17-12-6-7-14(18)13(8-12)15(23)10-24-16-19-20-21-22(16)9-11-4-2-1-3-5-11/h1-8,15,23H,9-10H2. The van der Waals surface area contributed by atoms with E-state index in [4.69, 9.17) is 0 Å². The van der Waals surface area contributed by atoms with Gasteiger partial charge in [-0.2, -0.15) is 0 Å². The highest BCUT2D eigenvalue weighted by atomic mass is 32.2. The predicted molar refractivity (Wildman–Crippen MR) is 85.4 cm³/mol. The van der Waals surface area contributed by atoms with Crippen molar-refractivity contribution in [2.75, 3.05) is 5.75 Å².